The van der Waals surface area contributed by atoms with E-state index < -0.39 is 0 Å². The summed E-state index contributed by atoms with van der Waals surface area (Å²) in [4.78, 5) is 3.81. The van der Waals surface area contributed by atoms with Gasteiger partial charge in [0, 0.05) is 6.54 Å². The third-order valence-corrected chi connectivity index (χ3v) is 2.76. The van der Waals surface area contributed by atoms with E-state index in [0.29, 0.717) is 18.2 Å². The molecule has 0 saturated heterocycles. The number of nitriles is 1. The van der Waals surface area contributed by atoms with Gasteiger partial charge < -0.3 is 5.32 Å². The van der Waals surface area contributed by atoms with Crippen molar-refractivity contribution in [3.05, 3.63) is 41.7 Å². The standard InChI is InChI=1S/C14H16FN5/c1-10(2)7-17-8-11-4-3-5-12(15)14(11)20-9-18-13(6-16)19-20/h3-5,9-10,17H,7-8H2,1-2H3. The lowest BCUT2D eigenvalue weighted by molar-refractivity contribution is 0.547. The third-order valence-electron chi connectivity index (χ3n) is 2.76. The van der Waals surface area contributed by atoms with E-state index in [2.05, 4.69) is 29.2 Å². The molecule has 0 unspecified atom stereocenters. The van der Waals surface area contributed by atoms with E-state index in [4.69, 9.17) is 5.26 Å². The van der Waals surface area contributed by atoms with Gasteiger partial charge in [0.1, 0.15) is 23.9 Å². The second-order valence-corrected chi connectivity index (χ2v) is 4.90. The molecule has 0 spiro atoms. The van der Waals surface area contributed by atoms with E-state index in [0.717, 1.165) is 12.1 Å². The van der Waals surface area contributed by atoms with Crippen molar-refractivity contribution in [2.24, 2.45) is 5.92 Å². The highest BCUT2D eigenvalue weighted by Gasteiger charge is 2.12. The van der Waals surface area contributed by atoms with Crippen molar-refractivity contribution in [1.29, 1.82) is 5.26 Å². The monoisotopic (exact) mass is 273 g/mol. The van der Waals surface area contributed by atoms with Gasteiger partial charge in [0.15, 0.2) is 0 Å². The number of aromatic nitrogens is 3. The summed E-state index contributed by atoms with van der Waals surface area (Å²) in [5, 5.41) is 16.0. The Morgan fingerprint density at radius 1 is 1.45 bits per heavy atom. The van der Waals surface area contributed by atoms with Crippen molar-refractivity contribution in [2.75, 3.05) is 6.54 Å². The summed E-state index contributed by atoms with van der Waals surface area (Å²) in [6.07, 6.45) is 1.35. The van der Waals surface area contributed by atoms with Gasteiger partial charge in [-0.25, -0.2) is 14.1 Å². The maximum atomic E-state index is 14.0. The number of nitrogens with one attached hydrogen (secondary N) is 1. The Kier molecular flexibility index (Phi) is 4.43. The van der Waals surface area contributed by atoms with E-state index in [1.54, 1.807) is 6.07 Å². The fraction of sp³-hybridized carbons (Fsp3) is 0.357. The molecule has 0 aliphatic carbocycles. The number of para-hydroxylation sites is 1. The molecule has 0 aliphatic heterocycles. The molecule has 2 aromatic rings. The van der Waals surface area contributed by atoms with Crippen LogP contribution in [0.5, 0.6) is 0 Å². The number of hydrogen-bond acceptors (Lipinski definition) is 4. The normalized spacial score (nSPS) is 10.8. The molecule has 2 rings (SSSR count). The minimum atomic E-state index is -0.386. The predicted molar refractivity (Wildman–Crippen MR) is 72.6 cm³/mol. The molecule has 1 aromatic carbocycles. The average Bonchev–Trinajstić information content (AvgIpc) is 2.87. The quantitative estimate of drug-likeness (QED) is 0.905. The van der Waals surface area contributed by atoms with Crippen molar-refractivity contribution in [3.63, 3.8) is 0 Å². The Bertz CT molecular complexity index is 627. The van der Waals surface area contributed by atoms with Gasteiger partial charge in [-0.1, -0.05) is 26.0 Å². The lowest BCUT2D eigenvalue weighted by Crippen LogP contribution is -2.20. The van der Waals surface area contributed by atoms with Crippen molar-refractivity contribution < 1.29 is 4.39 Å². The summed E-state index contributed by atoms with van der Waals surface area (Å²) in [7, 11) is 0. The summed E-state index contributed by atoms with van der Waals surface area (Å²) in [6, 6.07) is 6.70. The van der Waals surface area contributed by atoms with E-state index in [1.807, 2.05) is 12.1 Å². The lowest BCUT2D eigenvalue weighted by Gasteiger charge is -2.12. The first-order chi connectivity index (χ1) is 9.61. The Morgan fingerprint density at radius 2 is 2.25 bits per heavy atom. The predicted octanol–water partition coefficient (Wildman–Crippen LogP) is 2.02. The van der Waals surface area contributed by atoms with Gasteiger partial charge in [-0.3, -0.25) is 0 Å². The molecule has 1 aromatic heterocycles. The van der Waals surface area contributed by atoms with Crippen molar-refractivity contribution in [1.82, 2.24) is 20.1 Å². The van der Waals surface area contributed by atoms with Crippen LogP contribution in [0.2, 0.25) is 0 Å². The van der Waals surface area contributed by atoms with Gasteiger partial charge in [0.2, 0.25) is 0 Å². The number of rotatable bonds is 5. The maximum Gasteiger partial charge on any atom is 0.252 e. The minimum Gasteiger partial charge on any atom is -0.312 e. The van der Waals surface area contributed by atoms with Crippen LogP contribution in [0.1, 0.15) is 25.2 Å². The maximum absolute atomic E-state index is 14.0. The molecule has 104 valence electrons. The molecule has 0 amide bonds. The Morgan fingerprint density at radius 3 is 2.90 bits per heavy atom. The van der Waals surface area contributed by atoms with Crippen LogP contribution in [0.15, 0.2) is 24.5 Å². The summed E-state index contributed by atoms with van der Waals surface area (Å²) < 4.78 is 15.3. The molecule has 0 saturated carbocycles. The number of benzene rings is 1. The first kappa shape index (κ1) is 14.2. The van der Waals surface area contributed by atoms with E-state index in [9.17, 15) is 4.39 Å². The summed E-state index contributed by atoms with van der Waals surface area (Å²) in [5.41, 5.74) is 1.11. The third kappa shape index (κ3) is 3.19. The van der Waals surface area contributed by atoms with E-state index in [1.165, 1.54) is 17.1 Å². The first-order valence-corrected chi connectivity index (χ1v) is 6.42. The molecular weight excluding hydrogens is 257 g/mol. The van der Waals surface area contributed by atoms with Crippen LogP contribution >= 0.6 is 0 Å². The lowest BCUT2D eigenvalue weighted by atomic mass is 10.1. The Balaban J connectivity index is 2.29. The van der Waals surface area contributed by atoms with Crippen molar-refractivity contribution in [3.8, 4) is 11.8 Å². The average molecular weight is 273 g/mol. The highest BCUT2D eigenvalue weighted by Crippen LogP contribution is 2.18. The van der Waals surface area contributed by atoms with Crippen LogP contribution in [0.3, 0.4) is 0 Å². The molecule has 20 heavy (non-hydrogen) atoms. The second kappa shape index (κ2) is 6.26. The fourth-order valence-electron chi connectivity index (χ4n) is 1.88. The van der Waals surface area contributed by atoms with Gasteiger partial charge in [0.05, 0.1) is 0 Å². The fourth-order valence-corrected chi connectivity index (χ4v) is 1.88. The molecule has 0 bridgehead atoms. The first-order valence-electron chi connectivity index (χ1n) is 6.42. The minimum absolute atomic E-state index is 0.0225. The number of hydrogen-bond donors (Lipinski definition) is 1. The topological polar surface area (TPSA) is 66.5 Å². The van der Waals surface area contributed by atoms with Gasteiger partial charge in [-0.15, -0.1) is 5.10 Å². The van der Waals surface area contributed by atoms with Crippen LogP contribution in [-0.2, 0) is 6.54 Å². The zero-order chi connectivity index (χ0) is 14.5. The SMILES string of the molecule is CC(C)CNCc1cccc(F)c1-n1cnc(C#N)n1. The van der Waals surface area contributed by atoms with Crippen LogP contribution in [0.4, 0.5) is 4.39 Å². The highest BCUT2D eigenvalue weighted by molar-refractivity contribution is 5.41. The Labute approximate surface area is 117 Å². The largest absolute Gasteiger partial charge is 0.312 e. The van der Waals surface area contributed by atoms with Crippen molar-refractivity contribution >= 4 is 0 Å². The summed E-state index contributed by atoms with van der Waals surface area (Å²) in [5.74, 6) is 0.154. The molecular formula is C14H16FN5. The second-order valence-electron chi connectivity index (χ2n) is 4.90. The van der Waals surface area contributed by atoms with E-state index >= 15 is 0 Å². The summed E-state index contributed by atoms with van der Waals surface area (Å²) in [6.45, 7) is 5.59. The number of nitrogens with zero attached hydrogens (tertiary/aromatic N) is 4. The zero-order valence-corrected chi connectivity index (χ0v) is 11.5. The van der Waals surface area contributed by atoms with Gasteiger partial charge in [0.25, 0.3) is 5.82 Å². The van der Waals surface area contributed by atoms with Gasteiger partial charge >= 0.3 is 0 Å². The molecule has 6 heteroatoms. The van der Waals surface area contributed by atoms with Gasteiger partial charge in [-0.2, -0.15) is 5.26 Å². The zero-order valence-electron chi connectivity index (χ0n) is 11.5. The smallest absolute Gasteiger partial charge is 0.252 e. The van der Waals surface area contributed by atoms with Crippen LogP contribution in [0.25, 0.3) is 5.69 Å². The van der Waals surface area contributed by atoms with Crippen molar-refractivity contribution in [2.45, 2.75) is 20.4 Å². The van der Waals surface area contributed by atoms with Crippen LogP contribution in [0, 0.1) is 23.1 Å². The summed E-state index contributed by atoms with van der Waals surface area (Å²) >= 11 is 0. The van der Waals surface area contributed by atoms with Crippen LogP contribution in [-0.4, -0.2) is 21.3 Å². The Hall–Kier alpha value is -2.26. The molecule has 0 aliphatic rings. The van der Waals surface area contributed by atoms with Gasteiger partial charge in [-0.05, 0) is 24.1 Å². The molecule has 5 nitrogen and oxygen atoms in total. The molecule has 0 fully saturated rings. The highest BCUT2D eigenvalue weighted by atomic mass is 19.1. The molecule has 1 heterocycles. The molecule has 0 radical (unpaired) electrons. The van der Waals surface area contributed by atoms with E-state index in [-0.39, 0.29) is 11.6 Å². The number of halogens is 1. The molecule has 1 N–H and O–H groups in total. The van der Waals surface area contributed by atoms with Crippen LogP contribution < -0.4 is 5.32 Å². The molecule has 0 atom stereocenters.